The Morgan fingerprint density at radius 1 is 1.44 bits per heavy atom. The Kier molecular flexibility index (Phi) is 4.02. The topological polar surface area (TPSA) is 41.1 Å². The lowest BCUT2D eigenvalue weighted by atomic mass is 9.92. The average Bonchev–Trinajstić information content (AvgIpc) is 2.89. The van der Waals surface area contributed by atoms with E-state index in [4.69, 9.17) is 0 Å². The van der Waals surface area contributed by atoms with Crippen LogP contribution in [0.5, 0.6) is 0 Å². The Hall–Kier alpha value is -1.35. The molecule has 3 nitrogen and oxygen atoms in total. The minimum Gasteiger partial charge on any atom is -0.348 e. The summed E-state index contributed by atoms with van der Waals surface area (Å²) in [5.41, 5.74) is 0.804. The van der Waals surface area contributed by atoms with Crippen LogP contribution in [-0.2, 0) is 4.79 Å². The Labute approximate surface area is 109 Å². The third kappa shape index (κ3) is 2.56. The predicted molar refractivity (Wildman–Crippen MR) is 73.3 cm³/mol. The lowest BCUT2D eigenvalue weighted by Crippen LogP contribution is -2.53. The van der Waals surface area contributed by atoms with E-state index in [0.29, 0.717) is 0 Å². The number of rotatable bonds is 4. The highest BCUT2D eigenvalue weighted by Gasteiger charge is 2.39. The molecule has 2 rings (SSSR count). The van der Waals surface area contributed by atoms with Gasteiger partial charge in [-0.05, 0) is 38.3 Å². The Morgan fingerprint density at radius 2 is 2.17 bits per heavy atom. The van der Waals surface area contributed by atoms with Crippen molar-refractivity contribution in [3.8, 4) is 0 Å². The van der Waals surface area contributed by atoms with Gasteiger partial charge in [-0.25, -0.2) is 0 Å². The second-order valence-corrected chi connectivity index (χ2v) is 5.07. The van der Waals surface area contributed by atoms with Crippen molar-refractivity contribution in [2.45, 2.75) is 44.7 Å². The standard InChI is InChI=1S/C15H22N2O/c1-3-15(10-7-11-16-15)14(18)17-12(2)13-8-5-4-6-9-13/h4-6,8-9,12,16H,3,7,10-11H2,1-2H3,(H,17,18)/t12-,15?/m1/s1. The maximum atomic E-state index is 12.4. The molecule has 1 fully saturated rings. The summed E-state index contributed by atoms with van der Waals surface area (Å²) < 4.78 is 0. The molecule has 1 aromatic carbocycles. The van der Waals surface area contributed by atoms with Crippen molar-refractivity contribution in [2.24, 2.45) is 0 Å². The van der Waals surface area contributed by atoms with Crippen molar-refractivity contribution in [3.63, 3.8) is 0 Å². The number of hydrogen-bond acceptors (Lipinski definition) is 2. The maximum absolute atomic E-state index is 12.4. The van der Waals surface area contributed by atoms with Gasteiger partial charge in [0.15, 0.2) is 0 Å². The number of benzene rings is 1. The number of carbonyl (C=O) groups excluding carboxylic acids is 1. The van der Waals surface area contributed by atoms with Crippen molar-refractivity contribution in [3.05, 3.63) is 35.9 Å². The third-order valence-corrected chi connectivity index (χ3v) is 3.93. The van der Waals surface area contributed by atoms with E-state index in [1.807, 2.05) is 37.3 Å². The molecule has 0 bridgehead atoms. The van der Waals surface area contributed by atoms with Crippen molar-refractivity contribution in [1.29, 1.82) is 0 Å². The summed E-state index contributed by atoms with van der Waals surface area (Å²) in [4.78, 5) is 12.4. The third-order valence-electron chi connectivity index (χ3n) is 3.93. The van der Waals surface area contributed by atoms with Gasteiger partial charge in [0.05, 0.1) is 11.6 Å². The van der Waals surface area contributed by atoms with Gasteiger partial charge in [-0.2, -0.15) is 0 Å². The minimum atomic E-state index is -0.344. The first-order chi connectivity index (χ1) is 8.68. The van der Waals surface area contributed by atoms with Gasteiger partial charge in [-0.3, -0.25) is 4.79 Å². The summed E-state index contributed by atoms with van der Waals surface area (Å²) in [5.74, 6) is 0.138. The smallest absolute Gasteiger partial charge is 0.240 e. The van der Waals surface area contributed by atoms with Crippen molar-refractivity contribution in [2.75, 3.05) is 6.54 Å². The highest BCUT2D eigenvalue weighted by atomic mass is 16.2. The zero-order valence-electron chi connectivity index (χ0n) is 11.2. The molecule has 2 N–H and O–H groups in total. The molecule has 0 aromatic heterocycles. The largest absolute Gasteiger partial charge is 0.348 e. The first kappa shape index (κ1) is 13.1. The van der Waals surface area contributed by atoms with Crippen LogP contribution >= 0.6 is 0 Å². The minimum absolute atomic E-state index is 0.0597. The van der Waals surface area contributed by atoms with Crippen LogP contribution in [0.1, 0.15) is 44.7 Å². The van der Waals surface area contributed by atoms with Crippen LogP contribution in [0.2, 0.25) is 0 Å². The number of nitrogens with one attached hydrogen (secondary N) is 2. The Bertz CT molecular complexity index is 396. The summed E-state index contributed by atoms with van der Waals surface area (Å²) in [6, 6.07) is 10.1. The first-order valence-electron chi connectivity index (χ1n) is 6.79. The van der Waals surface area contributed by atoms with Crippen LogP contribution in [0.4, 0.5) is 0 Å². The molecule has 98 valence electrons. The normalized spacial score (nSPS) is 24.8. The molecule has 1 aliphatic heterocycles. The van der Waals surface area contributed by atoms with Gasteiger partial charge < -0.3 is 10.6 Å². The molecular weight excluding hydrogens is 224 g/mol. The van der Waals surface area contributed by atoms with E-state index in [1.54, 1.807) is 0 Å². The van der Waals surface area contributed by atoms with E-state index < -0.39 is 0 Å². The molecule has 1 aromatic rings. The quantitative estimate of drug-likeness (QED) is 0.856. The summed E-state index contributed by atoms with van der Waals surface area (Å²) in [6.45, 7) is 5.05. The lowest BCUT2D eigenvalue weighted by Gasteiger charge is -2.28. The molecule has 2 atom stereocenters. The first-order valence-corrected chi connectivity index (χ1v) is 6.79. The van der Waals surface area contributed by atoms with Crippen molar-refractivity contribution < 1.29 is 4.79 Å². The van der Waals surface area contributed by atoms with E-state index in [0.717, 1.165) is 31.4 Å². The van der Waals surface area contributed by atoms with Gasteiger partial charge in [0.2, 0.25) is 5.91 Å². The fourth-order valence-electron chi connectivity index (χ4n) is 2.62. The molecule has 1 amide bonds. The summed E-state index contributed by atoms with van der Waals surface area (Å²) >= 11 is 0. The van der Waals surface area contributed by atoms with E-state index in [9.17, 15) is 4.79 Å². The number of carbonyl (C=O) groups is 1. The second-order valence-electron chi connectivity index (χ2n) is 5.07. The van der Waals surface area contributed by atoms with Crippen LogP contribution in [-0.4, -0.2) is 18.0 Å². The summed E-state index contributed by atoms with van der Waals surface area (Å²) in [6.07, 6.45) is 2.87. The predicted octanol–water partition coefficient (Wildman–Crippen LogP) is 2.40. The van der Waals surface area contributed by atoms with Crippen LogP contribution in [0.15, 0.2) is 30.3 Å². The van der Waals surface area contributed by atoms with E-state index >= 15 is 0 Å². The maximum Gasteiger partial charge on any atom is 0.240 e. The molecule has 18 heavy (non-hydrogen) atoms. The van der Waals surface area contributed by atoms with Gasteiger partial charge in [0.25, 0.3) is 0 Å². The second kappa shape index (κ2) is 5.53. The van der Waals surface area contributed by atoms with Gasteiger partial charge in [0, 0.05) is 0 Å². The van der Waals surface area contributed by atoms with Gasteiger partial charge in [-0.15, -0.1) is 0 Å². The van der Waals surface area contributed by atoms with Gasteiger partial charge in [-0.1, -0.05) is 37.3 Å². The van der Waals surface area contributed by atoms with Gasteiger partial charge in [0.1, 0.15) is 0 Å². The van der Waals surface area contributed by atoms with Crippen LogP contribution in [0.3, 0.4) is 0 Å². The zero-order chi connectivity index (χ0) is 13.0. The fraction of sp³-hybridized carbons (Fsp3) is 0.533. The lowest BCUT2D eigenvalue weighted by molar-refractivity contribution is -0.128. The molecule has 3 heteroatoms. The summed E-state index contributed by atoms with van der Waals surface area (Å²) in [7, 11) is 0. The van der Waals surface area contributed by atoms with E-state index in [2.05, 4.69) is 17.6 Å². The molecule has 0 radical (unpaired) electrons. The molecule has 0 saturated carbocycles. The summed E-state index contributed by atoms with van der Waals surface area (Å²) in [5, 5.41) is 6.49. The SMILES string of the molecule is CCC1(C(=O)N[C@H](C)c2ccccc2)CCCN1. The molecular formula is C15H22N2O. The zero-order valence-corrected chi connectivity index (χ0v) is 11.2. The van der Waals surface area contributed by atoms with Crippen molar-refractivity contribution in [1.82, 2.24) is 10.6 Å². The van der Waals surface area contributed by atoms with Crippen LogP contribution < -0.4 is 10.6 Å². The Morgan fingerprint density at radius 3 is 2.72 bits per heavy atom. The molecule has 1 aliphatic rings. The molecule has 1 unspecified atom stereocenters. The highest BCUT2D eigenvalue weighted by molar-refractivity contribution is 5.87. The number of amides is 1. The van der Waals surface area contributed by atoms with E-state index in [1.165, 1.54) is 0 Å². The molecule has 1 heterocycles. The molecule has 1 saturated heterocycles. The molecule has 0 aliphatic carbocycles. The van der Waals surface area contributed by atoms with Crippen LogP contribution in [0, 0.1) is 0 Å². The van der Waals surface area contributed by atoms with Crippen LogP contribution in [0.25, 0.3) is 0 Å². The van der Waals surface area contributed by atoms with E-state index in [-0.39, 0.29) is 17.5 Å². The van der Waals surface area contributed by atoms with Gasteiger partial charge >= 0.3 is 0 Å². The highest BCUT2D eigenvalue weighted by Crippen LogP contribution is 2.24. The fourth-order valence-corrected chi connectivity index (χ4v) is 2.62. The van der Waals surface area contributed by atoms with Crippen molar-refractivity contribution >= 4 is 5.91 Å². The monoisotopic (exact) mass is 246 g/mol. The number of hydrogen-bond donors (Lipinski definition) is 2. The Balaban J connectivity index is 2.03. The average molecular weight is 246 g/mol. The molecule has 0 spiro atoms.